The third-order valence-electron chi connectivity index (χ3n) is 5.09. The van der Waals surface area contributed by atoms with Gasteiger partial charge in [0, 0.05) is 12.3 Å². The summed E-state index contributed by atoms with van der Waals surface area (Å²) < 4.78 is 0. The summed E-state index contributed by atoms with van der Waals surface area (Å²) >= 11 is 0. The van der Waals surface area contributed by atoms with Gasteiger partial charge in [-0.3, -0.25) is 0 Å². The maximum Gasteiger partial charge on any atom is 0.0721 e. The summed E-state index contributed by atoms with van der Waals surface area (Å²) in [4.78, 5) is 0. The van der Waals surface area contributed by atoms with E-state index in [0.29, 0.717) is 12.8 Å². The quantitative estimate of drug-likeness (QED) is 0.470. The Morgan fingerprint density at radius 3 is 2.60 bits per heavy atom. The van der Waals surface area contributed by atoms with Crippen LogP contribution in [0.3, 0.4) is 0 Å². The van der Waals surface area contributed by atoms with E-state index in [0.717, 1.165) is 31.2 Å². The van der Waals surface area contributed by atoms with Gasteiger partial charge in [-0.15, -0.1) is 0 Å². The zero-order chi connectivity index (χ0) is 18.1. The molecule has 3 heteroatoms. The summed E-state index contributed by atoms with van der Waals surface area (Å²) in [5.41, 5.74) is 1.13. The highest BCUT2D eigenvalue weighted by Gasteiger charge is 2.39. The molecule has 0 spiro atoms. The molecular formula is C22H32O3. The lowest BCUT2D eigenvalue weighted by atomic mass is 9.89. The lowest BCUT2D eigenvalue weighted by Crippen LogP contribution is -2.20. The van der Waals surface area contributed by atoms with Crippen LogP contribution < -0.4 is 0 Å². The number of aliphatic hydroxyl groups excluding tert-OH is 3. The van der Waals surface area contributed by atoms with Crippen LogP contribution in [0, 0.1) is 11.8 Å². The molecule has 1 aliphatic rings. The summed E-state index contributed by atoms with van der Waals surface area (Å²) in [6, 6.07) is 10.1. The molecule has 0 heterocycles. The van der Waals surface area contributed by atoms with E-state index in [1.807, 2.05) is 36.4 Å². The summed E-state index contributed by atoms with van der Waals surface area (Å²) in [5.74, 6) is -0.106. The number of hydrogen-bond donors (Lipinski definition) is 3. The lowest BCUT2D eigenvalue weighted by Gasteiger charge is -2.19. The molecular weight excluding hydrogens is 312 g/mol. The number of hydrogen-bond acceptors (Lipinski definition) is 3. The van der Waals surface area contributed by atoms with E-state index >= 15 is 0 Å². The lowest BCUT2D eigenvalue weighted by molar-refractivity contribution is 0.120. The Kier molecular flexibility index (Phi) is 8.39. The molecule has 0 amide bonds. The molecule has 1 fully saturated rings. The van der Waals surface area contributed by atoms with Gasteiger partial charge in [0.2, 0.25) is 0 Å². The molecule has 2 rings (SSSR count). The fraction of sp³-hybridized carbons (Fsp3) is 0.545. The number of rotatable bonds is 9. The molecule has 0 radical (unpaired) electrons. The average molecular weight is 344 g/mol. The Labute approximate surface area is 151 Å². The summed E-state index contributed by atoms with van der Waals surface area (Å²) in [6.45, 7) is 2.14. The van der Waals surface area contributed by atoms with Crippen molar-refractivity contribution in [1.29, 1.82) is 0 Å². The van der Waals surface area contributed by atoms with Gasteiger partial charge in [0.25, 0.3) is 0 Å². The second-order valence-electron chi connectivity index (χ2n) is 7.11. The molecule has 0 saturated heterocycles. The second-order valence-corrected chi connectivity index (χ2v) is 7.11. The van der Waals surface area contributed by atoms with Crippen molar-refractivity contribution in [3.8, 4) is 0 Å². The summed E-state index contributed by atoms with van der Waals surface area (Å²) in [5, 5.41) is 30.6. The van der Waals surface area contributed by atoms with Crippen molar-refractivity contribution in [3.05, 3.63) is 54.1 Å². The van der Waals surface area contributed by atoms with Crippen molar-refractivity contribution in [2.45, 2.75) is 63.8 Å². The van der Waals surface area contributed by atoms with Crippen molar-refractivity contribution in [2.24, 2.45) is 11.8 Å². The first-order chi connectivity index (χ1) is 12.1. The normalized spacial score (nSPS) is 28.2. The Bertz CT molecular complexity index is 537. The van der Waals surface area contributed by atoms with E-state index in [9.17, 15) is 15.3 Å². The largest absolute Gasteiger partial charge is 0.393 e. The molecule has 5 unspecified atom stereocenters. The van der Waals surface area contributed by atoms with Gasteiger partial charge >= 0.3 is 0 Å². The van der Waals surface area contributed by atoms with Gasteiger partial charge in [0.1, 0.15) is 0 Å². The maximum atomic E-state index is 10.3. The topological polar surface area (TPSA) is 60.7 Å². The fourth-order valence-electron chi connectivity index (χ4n) is 3.59. The van der Waals surface area contributed by atoms with E-state index in [2.05, 4.69) is 19.1 Å². The number of benzene rings is 1. The van der Waals surface area contributed by atoms with Crippen LogP contribution in [0.1, 0.15) is 51.0 Å². The molecule has 25 heavy (non-hydrogen) atoms. The smallest absolute Gasteiger partial charge is 0.0721 e. The molecule has 1 aromatic rings. The van der Waals surface area contributed by atoms with Gasteiger partial charge in [0.05, 0.1) is 18.3 Å². The van der Waals surface area contributed by atoms with Crippen molar-refractivity contribution in [2.75, 3.05) is 0 Å². The van der Waals surface area contributed by atoms with Gasteiger partial charge < -0.3 is 15.3 Å². The zero-order valence-electron chi connectivity index (χ0n) is 15.2. The van der Waals surface area contributed by atoms with Crippen LogP contribution in [-0.2, 0) is 0 Å². The first kappa shape index (κ1) is 19.9. The highest BCUT2D eigenvalue weighted by atomic mass is 16.3. The van der Waals surface area contributed by atoms with Crippen molar-refractivity contribution >= 4 is 6.08 Å². The SMILES string of the molecule is CCCCCC(O)C=CC1C(O)CC(O)C1CC=Cc1ccccc1. The van der Waals surface area contributed by atoms with Crippen molar-refractivity contribution in [1.82, 2.24) is 0 Å². The van der Waals surface area contributed by atoms with E-state index in [1.165, 1.54) is 0 Å². The van der Waals surface area contributed by atoms with Crippen LogP contribution in [0.15, 0.2) is 48.6 Å². The standard InChI is InChI=1S/C22H32O3/c1-2-3-5-12-18(23)14-15-20-19(21(24)16-22(20)25)13-8-11-17-9-6-4-7-10-17/h4,6-11,14-15,18-25H,2-3,5,12-13,16H2,1H3. The van der Waals surface area contributed by atoms with Crippen molar-refractivity contribution in [3.63, 3.8) is 0 Å². The average Bonchev–Trinajstić information content (AvgIpc) is 2.87. The van der Waals surface area contributed by atoms with Crippen LogP contribution in [-0.4, -0.2) is 33.6 Å². The van der Waals surface area contributed by atoms with Gasteiger partial charge in [-0.1, -0.05) is 80.8 Å². The predicted octanol–water partition coefficient (Wildman–Crippen LogP) is 3.95. The highest BCUT2D eigenvalue weighted by molar-refractivity contribution is 5.48. The summed E-state index contributed by atoms with van der Waals surface area (Å²) in [7, 11) is 0. The Balaban J connectivity index is 1.91. The molecule has 1 aliphatic carbocycles. The molecule has 5 atom stereocenters. The van der Waals surface area contributed by atoms with Crippen LogP contribution in [0.5, 0.6) is 0 Å². The van der Waals surface area contributed by atoms with Gasteiger partial charge in [0.15, 0.2) is 0 Å². The molecule has 138 valence electrons. The zero-order valence-corrected chi connectivity index (χ0v) is 15.2. The van der Waals surface area contributed by atoms with Crippen LogP contribution in [0.2, 0.25) is 0 Å². The number of allylic oxidation sites excluding steroid dienone is 1. The maximum absolute atomic E-state index is 10.3. The van der Waals surface area contributed by atoms with Crippen LogP contribution in [0.4, 0.5) is 0 Å². The molecule has 0 bridgehead atoms. The minimum absolute atomic E-state index is 0.00551. The fourth-order valence-corrected chi connectivity index (χ4v) is 3.59. The Morgan fingerprint density at radius 1 is 1.12 bits per heavy atom. The van der Waals surface area contributed by atoms with Gasteiger partial charge in [-0.25, -0.2) is 0 Å². The first-order valence-corrected chi connectivity index (χ1v) is 9.56. The third kappa shape index (κ3) is 6.43. The predicted molar refractivity (Wildman–Crippen MR) is 103 cm³/mol. The molecule has 0 aromatic heterocycles. The molecule has 3 nitrogen and oxygen atoms in total. The summed E-state index contributed by atoms with van der Waals surface area (Å²) in [6.07, 6.45) is 11.5. The molecule has 1 saturated carbocycles. The molecule has 3 N–H and O–H groups in total. The first-order valence-electron chi connectivity index (χ1n) is 9.56. The van der Waals surface area contributed by atoms with E-state index in [-0.39, 0.29) is 11.8 Å². The van der Waals surface area contributed by atoms with Gasteiger partial charge in [-0.2, -0.15) is 0 Å². The van der Waals surface area contributed by atoms with E-state index in [1.54, 1.807) is 6.08 Å². The number of aliphatic hydroxyl groups is 3. The highest BCUT2D eigenvalue weighted by Crippen LogP contribution is 2.36. The Morgan fingerprint density at radius 2 is 1.88 bits per heavy atom. The van der Waals surface area contributed by atoms with Crippen LogP contribution in [0.25, 0.3) is 6.08 Å². The molecule has 0 aliphatic heterocycles. The third-order valence-corrected chi connectivity index (χ3v) is 5.09. The number of unbranched alkanes of at least 4 members (excludes halogenated alkanes) is 2. The Hall–Kier alpha value is -1.42. The minimum Gasteiger partial charge on any atom is -0.393 e. The van der Waals surface area contributed by atoms with E-state index < -0.39 is 18.3 Å². The van der Waals surface area contributed by atoms with E-state index in [4.69, 9.17) is 0 Å². The van der Waals surface area contributed by atoms with Crippen molar-refractivity contribution < 1.29 is 15.3 Å². The minimum atomic E-state index is -0.538. The van der Waals surface area contributed by atoms with Gasteiger partial charge in [-0.05, 0) is 24.3 Å². The van der Waals surface area contributed by atoms with Crippen LogP contribution >= 0.6 is 0 Å². The second kappa shape index (κ2) is 10.5. The molecule has 1 aromatic carbocycles. The monoisotopic (exact) mass is 344 g/mol.